The monoisotopic (exact) mass is 361 g/mol. The highest BCUT2D eigenvalue weighted by Crippen LogP contribution is 2.28. The molecule has 2 rings (SSSR count). The molecule has 0 spiro atoms. The van der Waals surface area contributed by atoms with E-state index in [0.29, 0.717) is 19.4 Å². The highest BCUT2D eigenvalue weighted by Gasteiger charge is 2.35. The smallest absolute Gasteiger partial charge is 0.409 e. The van der Waals surface area contributed by atoms with Crippen LogP contribution in [0.25, 0.3) is 0 Å². The Morgan fingerprint density at radius 3 is 2.58 bits per heavy atom. The number of nitrogens with zero attached hydrogens (tertiary/aromatic N) is 1. The predicted octanol–water partition coefficient (Wildman–Crippen LogP) is 2.99. The number of carbonyl (C=O) groups excluding carboxylic acids is 3. The number of Topliss-reactive ketones (excluding diaryl/α,β-unsaturated/α-hetero) is 1. The molecule has 0 unspecified atom stereocenters. The first-order valence-corrected chi connectivity index (χ1v) is 9.12. The fourth-order valence-corrected chi connectivity index (χ4v) is 3.45. The molecule has 1 aromatic rings. The summed E-state index contributed by atoms with van der Waals surface area (Å²) in [6.45, 7) is 2.45. The quantitative estimate of drug-likeness (QED) is 0.551. The van der Waals surface area contributed by atoms with Crippen LogP contribution in [0.15, 0.2) is 30.3 Å². The number of hydrogen-bond acceptors (Lipinski definition) is 5. The molecule has 0 bridgehead atoms. The molecule has 1 fully saturated rings. The summed E-state index contributed by atoms with van der Waals surface area (Å²) in [6.07, 6.45) is 2.12. The number of hydrogen-bond donors (Lipinski definition) is 0. The maximum absolute atomic E-state index is 12.4. The number of methoxy groups -OCH3 is 1. The van der Waals surface area contributed by atoms with Gasteiger partial charge in [-0.25, -0.2) is 4.79 Å². The van der Waals surface area contributed by atoms with E-state index in [-0.39, 0.29) is 36.9 Å². The van der Waals surface area contributed by atoms with Crippen LogP contribution in [0.3, 0.4) is 0 Å². The van der Waals surface area contributed by atoms with E-state index in [1.165, 1.54) is 12.7 Å². The molecule has 2 atom stereocenters. The van der Waals surface area contributed by atoms with Crippen molar-refractivity contribution in [1.82, 2.24) is 4.90 Å². The van der Waals surface area contributed by atoms with Crippen LogP contribution in [0.5, 0.6) is 0 Å². The van der Waals surface area contributed by atoms with Crippen molar-refractivity contribution in [3.05, 3.63) is 35.9 Å². The highest BCUT2D eigenvalue weighted by atomic mass is 16.5. The van der Waals surface area contributed by atoms with Crippen molar-refractivity contribution in [2.75, 3.05) is 20.3 Å². The van der Waals surface area contributed by atoms with Gasteiger partial charge in [-0.15, -0.1) is 0 Å². The van der Waals surface area contributed by atoms with Gasteiger partial charge in [0, 0.05) is 18.5 Å². The minimum absolute atomic E-state index is 0.0763. The van der Waals surface area contributed by atoms with Gasteiger partial charge in [0.05, 0.1) is 13.7 Å². The lowest BCUT2D eigenvalue weighted by Gasteiger charge is -2.38. The maximum atomic E-state index is 12.4. The molecule has 1 saturated heterocycles. The van der Waals surface area contributed by atoms with Gasteiger partial charge in [0.25, 0.3) is 0 Å². The molecule has 0 saturated carbocycles. The van der Waals surface area contributed by atoms with E-state index in [9.17, 15) is 14.4 Å². The summed E-state index contributed by atoms with van der Waals surface area (Å²) in [4.78, 5) is 37.8. The number of ketones is 1. The molecular formula is C20H27NO5. The van der Waals surface area contributed by atoms with Gasteiger partial charge < -0.3 is 14.4 Å². The Morgan fingerprint density at radius 2 is 1.92 bits per heavy atom. The summed E-state index contributed by atoms with van der Waals surface area (Å²) in [5.74, 6) is -0.799. The fourth-order valence-electron chi connectivity index (χ4n) is 3.45. The summed E-state index contributed by atoms with van der Waals surface area (Å²) in [6, 6.07) is 9.96. The largest absolute Gasteiger partial charge is 0.466 e. The third-order valence-electron chi connectivity index (χ3n) is 4.81. The SMILES string of the molecule is CCOC(=O)CC(=O)[C@H]1CCN(C(=O)OC)[C@H](CCc2ccccc2)C1. The van der Waals surface area contributed by atoms with Crippen LogP contribution < -0.4 is 0 Å². The zero-order chi connectivity index (χ0) is 18.9. The van der Waals surface area contributed by atoms with Crippen molar-refractivity contribution < 1.29 is 23.9 Å². The summed E-state index contributed by atoms with van der Waals surface area (Å²) in [5, 5.41) is 0. The number of aryl methyl sites for hydroxylation is 1. The van der Waals surface area contributed by atoms with Gasteiger partial charge >= 0.3 is 12.1 Å². The summed E-state index contributed by atoms with van der Waals surface area (Å²) < 4.78 is 9.76. The molecule has 1 amide bonds. The van der Waals surface area contributed by atoms with Crippen molar-refractivity contribution in [3.63, 3.8) is 0 Å². The van der Waals surface area contributed by atoms with Gasteiger partial charge in [-0.1, -0.05) is 30.3 Å². The second-order valence-electron chi connectivity index (χ2n) is 6.51. The van der Waals surface area contributed by atoms with Crippen LogP contribution in [0, 0.1) is 5.92 Å². The number of rotatable bonds is 7. The van der Waals surface area contributed by atoms with Crippen molar-refractivity contribution in [3.8, 4) is 0 Å². The van der Waals surface area contributed by atoms with Crippen molar-refractivity contribution in [2.45, 2.75) is 45.1 Å². The van der Waals surface area contributed by atoms with E-state index in [0.717, 1.165) is 12.8 Å². The number of amides is 1. The first-order chi connectivity index (χ1) is 12.5. The number of piperidine rings is 1. The van der Waals surface area contributed by atoms with Crippen LogP contribution in [0.1, 0.15) is 38.2 Å². The zero-order valence-electron chi connectivity index (χ0n) is 15.5. The van der Waals surface area contributed by atoms with Gasteiger partial charge in [0.2, 0.25) is 0 Å². The summed E-state index contributed by atoms with van der Waals surface area (Å²) >= 11 is 0. The minimum atomic E-state index is -0.478. The molecule has 6 nitrogen and oxygen atoms in total. The third kappa shape index (κ3) is 5.58. The van der Waals surface area contributed by atoms with Crippen LogP contribution >= 0.6 is 0 Å². The van der Waals surface area contributed by atoms with E-state index < -0.39 is 5.97 Å². The molecule has 0 N–H and O–H groups in total. The second kappa shape index (κ2) is 9.94. The Morgan fingerprint density at radius 1 is 1.19 bits per heavy atom. The normalized spacial score (nSPS) is 19.7. The molecule has 0 aliphatic carbocycles. The number of benzene rings is 1. The second-order valence-corrected chi connectivity index (χ2v) is 6.51. The first-order valence-electron chi connectivity index (χ1n) is 9.12. The topological polar surface area (TPSA) is 72.9 Å². The molecular weight excluding hydrogens is 334 g/mol. The summed E-state index contributed by atoms with van der Waals surface area (Å²) in [7, 11) is 1.37. The average molecular weight is 361 g/mol. The lowest BCUT2D eigenvalue weighted by atomic mass is 9.84. The van der Waals surface area contributed by atoms with Crippen LogP contribution in [0.4, 0.5) is 4.79 Å². The van der Waals surface area contributed by atoms with Gasteiger partial charge in [-0.05, 0) is 38.2 Å². The Hall–Kier alpha value is -2.37. The number of ether oxygens (including phenoxy) is 2. The summed E-state index contributed by atoms with van der Waals surface area (Å²) in [5.41, 5.74) is 1.19. The predicted molar refractivity (Wildman–Crippen MR) is 96.6 cm³/mol. The molecule has 0 radical (unpaired) electrons. The molecule has 1 aliphatic heterocycles. The zero-order valence-corrected chi connectivity index (χ0v) is 15.5. The number of carbonyl (C=O) groups is 3. The van der Waals surface area contributed by atoms with E-state index in [2.05, 4.69) is 12.1 Å². The van der Waals surface area contributed by atoms with Crippen LogP contribution in [-0.2, 0) is 25.5 Å². The van der Waals surface area contributed by atoms with Crippen molar-refractivity contribution >= 4 is 17.8 Å². The molecule has 0 aromatic heterocycles. The van der Waals surface area contributed by atoms with Crippen LogP contribution in [-0.4, -0.2) is 49.0 Å². The van der Waals surface area contributed by atoms with Gasteiger partial charge in [0.15, 0.2) is 0 Å². The Balaban J connectivity index is 2.00. The standard InChI is InChI=1S/C20H27NO5/c1-3-26-19(23)14-18(22)16-11-12-21(20(24)25-2)17(13-16)10-9-15-7-5-4-6-8-15/h4-8,16-17H,3,9-14H2,1-2H3/t16-,17+/m0/s1. The Labute approximate surface area is 154 Å². The number of esters is 1. The first kappa shape index (κ1) is 19.9. The van der Waals surface area contributed by atoms with Crippen LogP contribution in [0.2, 0.25) is 0 Å². The van der Waals surface area contributed by atoms with E-state index in [4.69, 9.17) is 9.47 Å². The molecule has 142 valence electrons. The minimum Gasteiger partial charge on any atom is -0.466 e. The molecule has 1 heterocycles. The lowest BCUT2D eigenvalue weighted by Crippen LogP contribution is -2.47. The number of likely N-dealkylation sites (tertiary alicyclic amines) is 1. The van der Waals surface area contributed by atoms with Gasteiger partial charge in [-0.3, -0.25) is 9.59 Å². The highest BCUT2D eigenvalue weighted by molar-refractivity contribution is 5.96. The maximum Gasteiger partial charge on any atom is 0.409 e. The van der Waals surface area contributed by atoms with Gasteiger partial charge in [0.1, 0.15) is 12.2 Å². The molecule has 6 heteroatoms. The Bertz CT molecular complexity index is 616. The molecule has 1 aliphatic rings. The molecule has 26 heavy (non-hydrogen) atoms. The van der Waals surface area contributed by atoms with Gasteiger partial charge in [-0.2, -0.15) is 0 Å². The van der Waals surface area contributed by atoms with Crippen molar-refractivity contribution in [2.24, 2.45) is 5.92 Å². The Kier molecular flexibility index (Phi) is 7.63. The van der Waals surface area contributed by atoms with E-state index in [1.54, 1.807) is 11.8 Å². The average Bonchev–Trinajstić information content (AvgIpc) is 2.66. The lowest BCUT2D eigenvalue weighted by molar-refractivity contribution is -0.146. The molecule has 1 aromatic carbocycles. The fraction of sp³-hybridized carbons (Fsp3) is 0.550. The van der Waals surface area contributed by atoms with E-state index in [1.807, 2.05) is 18.2 Å². The van der Waals surface area contributed by atoms with Crippen molar-refractivity contribution in [1.29, 1.82) is 0 Å². The van der Waals surface area contributed by atoms with E-state index >= 15 is 0 Å². The third-order valence-corrected chi connectivity index (χ3v) is 4.81.